The van der Waals surface area contributed by atoms with Gasteiger partial charge in [-0.1, -0.05) is 6.07 Å². The number of carbonyl (C=O) groups is 1. The Hall–Kier alpha value is -2.82. The predicted molar refractivity (Wildman–Crippen MR) is 73.2 cm³/mol. The molecule has 2 heterocycles. The molecule has 5 heteroatoms. The van der Waals surface area contributed by atoms with Crippen LogP contribution < -0.4 is 19.8 Å². The third-order valence-electron chi connectivity index (χ3n) is 2.81. The molecule has 0 spiro atoms. The van der Waals surface area contributed by atoms with E-state index in [0.29, 0.717) is 5.75 Å². The van der Waals surface area contributed by atoms with E-state index in [1.54, 1.807) is 30.6 Å². The van der Waals surface area contributed by atoms with Gasteiger partial charge >= 0.3 is 0 Å². The molecule has 0 radical (unpaired) electrons. The molecular weight excluding hydrogens is 256 g/mol. The molecule has 0 aliphatic carbocycles. The molecule has 1 amide bonds. The normalized spacial score (nSPS) is 12.6. The SMILES string of the molecule is O=C(C=Cc1ccc2c(c1)OCO2)Nc1cc[nH+]cc1. The Kier molecular flexibility index (Phi) is 3.33. The van der Waals surface area contributed by atoms with Crippen LogP contribution in [0.25, 0.3) is 6.08 Å². The summed E-state index contributed by atoms with van der Waals surface area (Å²) < 4.78 is 10.5. The van der Waals surface area contributed by atoms with Gasteiger partial charge < -0.3 is 14.8 Å². The van der Waals surface area contributed by atoms with Crippen molar-refractivity contribution in [2.24, 2.45) is 0 Å². The number of pyridine rings is 1. The third-order valence-corrected chi connectivity index (χ3v) is 2.81. The Morgan fingerprint density at radius 3 is 2.80 bits per heavy atom. The summed E-state index contributed by atoms with van der Waals surface area (Å²) in [6.45, 7) is 0.244. The Morgan fingerprint density at radius 1 is 1.15 bits per heavy atom. The van der Waals surface area contributed by atoms with E-state index < -0.39 is 0 Å². The van der Waals surface area contributed by atoms with Gasteiger partial charge in [-0.25, -0.2) is 4.98 Å². The van der Waals surface area contributed by atoms with E-state index in [-0.39, 0.29) is 12.7 Å². The first-order valence-corrected chi connectivity index (χ1v) is 6.16. The number of aromatic amines is 1. The molecule has 0 unspecified atom stereocenters. The summed E-state index contributed by atoms with van der Waals surface area (Å²) in [6, 6.07) is 9.10. The third kappa shape index (κ3) is 2.77. The summed E-state index contributed by atoms with van der Waals surface area (Å²) in [4.78, 5) is 14.6. The predicted octanol–water partition coefficient (Wildman–Crippen LogP) is 1.88. The average Bonchev–Trinajstić information content (AvgIpc) is 2.93. The first kappa shape index (κ1) is 12.2. The largest absolute Gasteiger partial charge is 0.454 e. The molecule has 0 bridgehead atoms. The standard InChI is InChI=1S/C15H12N2O3/c18-15(17-12-5-7-16-8-6-12)4-2-11-1-3-13-14(9-11)20-10-19-13/h1-9H,10H2,(H,16,17,18)/p+1. The summed E-state index contributed by atoms with van der Waals surface area (Å²) in [5.74, 6) is 1.24. The number of ether oxygens (including phenoxy) is 2. The van der Waals surface area contributed by atoms with Crippen LogP contribution in [0.4, 0.5) is 5.69 Å². The number of benzene rings is 1. The molecule has 0 saturated heterocycles. The smallest absolute Gasteiger partial charge is 0.248 e. The zero-order valence-corrected chi connectivity index (χ0v) is 10.6. The Balaban J connectivity index is 1.66. The minimum absolute atomic E-state index is 0.186. The number of fused-ring (bicyclic) bond motifs is 1. The highest BCUT2D eigenvalue weighted by Gasteiger charge is 2.12. The van der Waals surface area contributed by atoms with Gasteiger partial charge in [0.2, 0.25) is 12.7 Å². The van der Waals surface area contributed by atoms with Crippen molar-refractivity contribution in [3.63, 3.8) is 0 Å². The fourth-order valence-corrected chi connectivity index (χ4v) is 1.84. The number of rotatable bonds is 3. The lowest BCUT2D eigenvalue weighted by Crippen LogP contribution is -2.09. The Morgan fingerprint density at radius 2 is 1.95 bits per heavy atom. The molecule has 1 aromatic carbocycles. The van der Waals surface area contributed by atoms with E-state index in [4.69, 9.17) is 9.47 Å². The second kappa shape index (κ2) is 5.44. The van der Waals surface area contributed by atoms with Gasteiger partial charge in [-0.3, -0.25) is 4.79 Å². The molecule has 3 rings (SSSR count). The van der Waals surface area contributed by atoms with Gasteiger partial charge in [-0.2, -0.15) is 0 Å². The molecule has 1 aliphatic heterocycles. The number of carbonyl (C=O) groups excluding carboxylic acids is 1. The number of amides is 1. The molecule has 0 fully saturated rings. The monoisotopic (exact) mass is 269 g/mol. The van der Waals surface area contributed by atoms with Crippen molar-refractivity contribution in [1.29, 1.82) is 0 Å². The molecular formula is C15H13N2O3+. The summed E-state index contributed by atoms with van der Waals surface area (Å²) in [6.07, 6.45) is 6.70. The minimum atomic E-state index is -0.186. The second-order valence-electron chi connectivity index (χ2n) is 4.22. The maximum atomic E-state index is 11.8. The van der Waals surface area contributed by atoms with Crippen molar-refractivity contribution in [3.05, 3.63) is 54.4 Å². The number of hydrogen-bond donors (Lipinski definition) is 1. The number of H-pyrrole nitrogens is 1. The van der Waals surface area contributed by atoms with Crippen LogP contribution in [0.1, 0.15) is 5.56 Å². The molecule has 100 valence electrons. The fourth-order valence-electron chi connectivity index (χ4n) is 1.84. The summed E-state index contributed by atoms with van der Waals surface area (Å²) in [7, 11) is 0. The van der Waals surface area contributed by atoms with Gasteiger partial charge in [0.1, 0.15) is 0 Å². The first-order chi connectivity index (χ1) is 9.81. The summed E-state index contributed by atoms with van der Waals surface area (Å²) in [5.41, 5.74) is 1.62. The van der Waals surface area contributed by atoms with Gasteiger partial charge in [0, 0.05) is 18.2 Å². The highest BCUT2D eigenvalue weighted by molar-refractivity contribution is 6.01. The van der Waals surface area contributed by atoms with E-state index in [1.165, 1.54) is 6.08 Å². The molecule has 0 atom stereocenters. The molecule has 1 aliphatic rings. The van der Waals surface area contributed by atoms with Gasteiger partial charge in [0.15, 0.2) is 23.9 Å². The van der Waals surface area contributed by atoms with Gasteiger partial charge in [-0.05, 0) is 23.8 Å². The van der Waals surface area contributed by atoms with Crippen molar-refractivity contribution in [2.75, 3.05) is 12.1 Å². The van der Waals surface area contributed by atoms with Crippen molar-refractivity contribution in [1.82, 2.24) is 0 Å². The van der Waals surface area contributed by atoms with Crippen LogP contribution in [0.5, 0.6) is 11.5 Å². The fraction of sp³-hybridized carbons (Fsp3) is 0.0667. The first-order valence-electron chi connectivity index (χ1n) is 6.16. The maximum absolute atomic E-state index is 11.8. The highest BCUT2D eigenvalue weighted by atomic mass is 16.7. The number of anilines is 1. The van der Waals surface area contributed by atoms with Crippen molar-refractivity contribution in [2.45, 2.75) is 0 Å². The Labute approximate surface area is 115 Å². The number of aromatic nitrogens is 1. The van der Waals surface area contributed by atoms with Gasteiger partial charge in [0.25, 0.3) is 0 Å². The lowest BCUT2D eigenvalue weighted by atomic mass is 10.2. The quantitative estimate of drug-likeness (QED) is 0.865. The molecule has 2 aromatic rings. The molecule has 1 aromatic heterocycles. The van der Waals surface area contributed by atoms with E-state index in [2.05, 4.69) is 10.3 Å². The van der Waals surface area contributed by atoms with Crippen molar-refractivity contribution >= 4 is 17.7 Å². The topological polar surface area (TPSA) is 61.7 Å². The van der Waals surface area contributed by atoms with Gasteiger partial charge in [-0.15, -0.1) is 0 Å². The average molecular weight is 269 g/mol. The molecule has 2 N–H and O–H groups in total. The van der Waals surface area contributed by atoms with Gasteiger partial charge in [0.05, 0.1) is 5.69 Å². The molecule has 20 heavy (non-hydrogen) atoms. The number of hydrogen-bond acceptors (Lipinski definition) is 3. The van der Waals surface area contributed by atoms with Crippen LogP contribution in [0.3, 0.4) is 0 Å². The van der Waals surface area contributed by atoms with Crippen molar-refractivity contribution in [3.8, 4) is 11.5 Å². The lowest BCUT2D eigenvalue weighted by Gasteiger charge is -2.00. The summed E-state index contributed by atoms with van der Waals surface area (Å²) >= 11 is 0. The van der Waals surface area contributed by atoms with E-state index in [9.17, 15) is 4.79 Å². The van der Waals surface area contributed by atoms with Crippen LogP contribution in [0.15, 0.2) is 48.8 Å². The summed E-state index contributed by atoms with van der Waals surface area (Å²) in [5, 5.41) is 2.76. The van der Waals surface area contributed by atoms with E-state index in [0.717, 1.165) is 17.0 Å². The van der Waals surface area contributed by atoms with Crippen LogP contribution in [-0.4, -0.2) is 12.7 Å². The Bertz CT molecular complexity index is 653. The second-order valence-corrected chi connectivity index (χ2v) is 4.22. The maximum Gasteiger partial charge on any atom is 0.248 e. The number of nitrogens with one attached hydrogen (secondary N) is 2. The zero-order valence-electron chi connectivity index (χ0n) is 10.6. The van der Waals surface area contributed by atoms with Crippen LogP contribution in [0, 0.1) is 0 Å². The zero-order chi connectivity index (χ0) is 13.8. The van der Waals surface area contributed by atoms with E-state index >= 15 is 0 Å². The van der Waals surface area contributed by atoms with Crippen LogP contribution in [0.2, 0.25) is 0 Å². The van der Waals surface area contributed by atoms with Crippen LogP contribution in [-0.2, 0) is 4.79 Å². The lowest BCUT2D eigenvalue weighted by molar-refractivity contribution is -0.377. The van der Waals surface area contributed by atoms with E-state index in [1.807, 2.05) is 18.2 Å². The highest BCUT2D eigenvalue weighted by Crippen LogP contribution is 2.32. The molecule has 0 saturated carbocycles. The minimum Gasteiger partial charge on any atom is -0.454 e. The van der Waals surface area contributed by atoms with Crippen molar-refractivity contribution < 1.29 is 19.3 Å². The van der Waals surface area contributed by atoms with Crippen LogP contribution >= 0.6 is 0 Å². The molecule has 5 nitrogen and oxygen atoms in total.